The fraction of sp³-hybridized carbons (Fsp3) is 0.241. The lowest BCUT2D eigenvalue weighted by Gasteiger charge is -2.30. The summed E-state index contributed by atoms with van der Waals surface area (Å²) in [5.74, 6) is 0.404. The monoisotopic (exact) mass is 519 g/mol. The highest BCUT2D eigenvalue weighted by Gasteiger charge is 2.45. The number of fused-ring (bicyclic) bond motifs is 2. The first-order chi connectivity index (χ1) is 18.2. The molecule has 0 aliphatic carbocycles. The van der Waals surface area contributed by atoms with Crippen molar-refractivity contribution in [3.63, 3.8) is 0 Å². The second kappa shape index (κ2) is 9.81. The maximum absolute atomic E-state index is 13.6. The molecule has 5 rings (SSSR count). The van der Waals surface area contributed by atoms with Gasteiger partial charge < -0.3 is 19.1 Å². The largest absolute Gasteiger partial charge is 0.586 e. The Hall–Kier alpha value is -4.40. The van der Waals surface area contributed by atoms with Gasteiger partial charge in [-0.1, -0.05) is 24.3 Å². The Labute approximate surface area is 219 Å². The summed E-state index contributed by atoms with van der Waals surface area (Å²) in [6, 6.07) is 19.6. The lowest BCUT2D eigenvalue weighted by atomic mass is 9.76. The van der Waals surface area contributed by atoms with Crippen LogP contribution in [-0.4, -0.2) is 32.1 Å². The molecule has 0 radical (unpaired) electrons. The molecular formula is C29H27F2N3O4. The number of amides is 1. The van der Waals surface area contributed by atoms with E-state index < -0.39 is 11.7 Å². The molecule has 0 spiro atoms. The van der Waals surface area contributed by atoms with E-state index in [1.807, 2.05) is 37.3 Å². The Morgan fingerprint density at radius 3 is 2.58 bits per heavy atom. The van der Waals surface area contributed by atoms with Crippen LogP contribution in [0.5, 0.6) is 17.2 Å². The van der Waals surface area contributed by atoms with Crippen molar-refractivity contribution in [2.45, 2.75) is 32.0 Å². The van der Waals surface area contributed by atoms with Crippen LogP contribution < -0.4 is 24.5 Å². The molecule has 1 unspecified atom stereocenters. The molecule has 7 nitrogen and oxygen atoms in total. The highest BCUT2D eigenvalue weighted by Crippen LogP contribution is 2.51. The molecule has 38 heavy (non-hydrogen) atoms. The van der Waals surface area contributed by atoms with Crippen molar-refractivity contribution in [1.82, 2.24) is 5.43 Å². The Bertz CT molecular complexity index is 1420. The van der Waals surface area contributed by atoms with Crippen LogP contribution in [0.3, 0.4) is 0 Å². The van der Waals surface area contributed by atoms with E-state index in [4.69, 9.17) is 4.74 Å². The molecule has 0 bridgehead atoms. The van der Waals surface area contributed by atoms with Crippen molar-refractivity contribution in [3.05, 3.63) is 95.2 Å². The minimum atomic E-state index is -3.68. The van der Waals surface area contributed by atoms with E-state index in [0.717, 1.165) is 22.5 Å². The molecule has 196 valence electrons. The normalized spacial score (nSPS) is 20.1. The van der Waals surface area contributed by atoms with Crippen molar-refractivity contribution in [3.8, 4) is 17.2 Å². The van der Waals surface area contributed by atoms with E-state index in [0.29, 0.717) is 24.3 Å². The minimum absolute atomic E-state index is 0.00280. The lowest BCUT2D eigenvalue weighted by Crippen LogP contribution is -2.31. The third-order valence-electron chi connectivity index (χ3n) is 6.79. The van der Waals surface area contributed by atoms with Crippen LogP contribution in [0, 0.1) is 0 Å². The second-order valence-electron chi connectivity index (χ2n) is 9.22. The third-order valence-corrected chi connectivity index (χ3v) is 6.79. The Morgan fingerprint density at radius 1 is 1.08 bits per heavy atom. The zero-order chi connectivity index (χ0) is 26.9. The van der Waals surface area contributed by atoms with Crippen molar-refractivity contribution < 1.29 is 27.8 Å². The SMILES string of the molecule is CCN1/C(=C\C=N\NC(=O)c2ccccc2)C(C)(Cc2ccc3c(c2)OC(F)(F)O3)c2cc(OC)ccc21. The van der Waals surface area contributed by atoms with E-state index in [1.165, 1.54) is 6.07 Å². The van der Waals surface area contributed by atoms with Crippen LogP contribution in [0.4, 0.5) is 14.5 Å². The van der Waals surface area contributed by atoms with Gasteiger partial charge in [-0.3, -0.25) is 4.79 Å². The smallest absolute Gasteiger partial charge is 0.497 e. The number of nitrogens with zero attached hydrogens (tertiary/aromatic N) is 2. The summed E-state index contributed by atoms with van der Waals surface area (Å²) in [5.41, 5.74) is 6.24. The number of anilines is 1. The van der Waals surface area contributed by atoms with E-state index in [1.54, 1.807) is 49.7 Å². The van der Waals surface area contributed by atoms with Gasteiger partial charge in [0.25, 0.3) is 5.91 Å². The molecule has 1 amide bonds. The van der Waals surface area contributed by atoms with Gasteiger partial charge in [-0.2, -0.15) is 5.10 Å². The first-order valence-corrected chi connectivity index (χ1v) is 12.2. The summed E-state index contributed by atoms with van der Waals surface area (Å²) in [7, 11) is 1.61. The standard InChI is InChI=1S/C29H27F2N3O4/c1-4-34-23-12-11-21(36-3)17-22(23)28(2,18-19-10-13-24-25(16-19)38-29(30,31)37-24)26(34)14-15-32-33-27(35)20-8-6-5-7-9-20/h5-17H,4,18H2,1-3H3,(H,33,35)/b26-14-,32-15+. The highest BCUT2D eigenvalue weighted by atomic mass is 19.3. The van der Waals surface area contributed by atoms with Crippen molar-refractivity contribution in [1.29, 1.82) is 0 Å². The summed E-state index contributed by atoms with van der Waals surface area (Å²) < 4.78 is 42.0. The number of carbonyl (C=O) groups excluding carboxylic acids is 1. The molecule has 3 aromatic carbocycles. The van der Waals surface area contributed by atoms with Gasteiger partial charge in [-0.05, 0) is 79.9 Å². The molecule has 9 heteroatoms. The third kappa shape index (κ3) is 4.67. The van der Waals surface area contributed by atoms with Gasteiger partial charge in [0.2, 0.25) is 0 Å². The summed E-state index contributed by atoms with van der Waals surface area (Å²) in [5, 5.41) is 4.14. The number of rotatable bonds is 7. The number of methoxy groups -OCH3 is 1. The zero-order valence-electron chi connectivity index (χ0n) is 21.2. The molecule has 3 aromatic rings. The number of hydrazone groups is 1. The Balaban J connectivity index is 1.49. The Kier molecular flexibility index (Phi) is 6.52. The van der Waals surface area contributed by atoms with Gasteiger partial charge in [-0.15, -0.1) is 8.78 Å². The van der Waals surface area contributed by atoms with Crippen LogP contribution in [0.2, 0.25) is 0 Å². The van der Waals surface area contributed by atoms with Crippen LogP contribution in [0.1, 0.15) is 35.3 Å². The van der Waals surface area contributed by atoms with Crippen LogP contribution in [0.15, 0.2) is 83.6 Å². The predicted octanol–water partition coefficient (Wildman–Crippen LogP) is 5.66. The number of allylic oxidation sites excluding steroid dienone is 2. The topological polar surface area (TPSA) is 72.4 Å². The van der Waals surface area contributed by atoms with Gasteiger partial charge in [0.1, 0.15) is 5.75 Å². The van der Waals surface area contributed by atoms with Crippen LogP contribution in [0.25, 0.3) is 0 Å². The average Bonchev–Trinajstić information content (AvgIpc) is 3.35. The van der Waals surface area contributed by atoms with Gasteiger partial charge in [-0.25, -0.2) is 5.43 Å². The molecule has 2 aliphatic heterocycles. The number of ether oxygens (including phenoxy) is 3. The van der Waals surface area contributed by atoms with Crippen LogP contribution >= 0.6 is 0 Å². The summed E-state index contributed by atoms with van der Waals surface area (Å²) >= 11 is 0. The van der Waals surface area contributed by atoms with E-state index in [2.05, 4.69) is 31.8 Å². The number of carbonyl (C=O) groups is 1. The van der Waals surface area contributed by atoms with E-state index in [-0.39, 0.29) is 17.4 Å². The molecule has 0 aromatic heterocycles. The molecule has 1 N–H and O–H groups in total. The fourth-order valence-corrected chi connectivity index (χ4v) is 5.05. The number of benzene rings is 3. The number of halogens is 2. The van der Waals surface area contributed by atoms with Crippen molar-refractivity contribution in [2.24, 2.45) is 5.10 Å². The van der Waals surface area contributed by atoms with Gasteiger partial charge in [0.15, 0.2) is 11.5 Å². The molecule has 1 atom stereocenters. The van der Waals surface area contributed by atoms with Gasteiger partial charge in [0.05, 0.1) is 7.11 Å². The Morgan fingerprint density at radius 2 is 1.84 bits per heavy atom. The number of alkyl halides is 2. The first kappa shape index (κ1) is 25.3. The second-order valence-corrected chi connectivity index (χ2v) is 9.22. The van der Waals surface area contributed by atoms with Crippen molar-refractivity contribution >= 4 is 17.8 Å². The van der Waals surface area contributed by atoms with Crippen molar-refractivity contribution in [2.75, 3.05) is 18.6 Å². The molecule has 0 saturated heterocycles. The molecule has 2 aliphatic rings. The zero-order valence-corrected chi connectivity index (χ0v) is 21.2. The molecule has 2 heterocycles. The number of hydrogen-bond acceptors (Lipinski definition) is 6. The van der Waals surface area contributed by atoms with E-state index >= 15 is 0 Å². The molecule has 0 saturated carbocycles. The summed E-state index contributed by atoms with van der Waals surface area (Å²) in [6.45, 7) is 4.81. The van der Waals surface area contributed by atoms with Gasteiger partial charge in [0, 0.05) is 35.1 Å². The quantitative estimate of drug-likeness (QED) is 0.322. The fourth-order valence-electron chi connectivity index (χ4n) is 5.05. The first-order valence-electron chi connectivity index (χ1n) is 12.2. The number of nitrogens with one attached hydrogen (secondary N) is 1. The average molecular weight is 520 g/mol. The number of likely N-dealkylation sites (N-methyl/N-ethyl adjacent to an activating group) is 1. The molecule has 0 fully saturated rings. The number of hydrogen-bond donors (Lipinski definition) is 1. The predicted molar refractivity (Wildman–Crippen MR) is 140 cm³/mol. The maximum Gasteiger partial charge on any atom is 0.586 e. The summed E-state index contributed by atoms with van der Waals surface area (Å²) in [6.07, 6.45) is 0.216. The lowest BCUT2D eigenvalue weighted by molar-refractivity contribution is -0.286. The van der Waals surface area contributed by atoms with E-state index in [9.17, 15) is 13.6 Å². The maximum atomic E-state index is 13.6. The highest BCUT2D eigenvalue weighted by molar-refractivity contribution is 5.94. The molecular weight excluding hydrogens is 492 g/mol. The van der Waals surface area contributed by atoms with Crippen LogP contribution in [-0.2, 0) is 11.8 Å². The minimum Gasteiger partial charge on any atom is -0.497 e. The van der Waals surface area contributed by atoms with Gasteiger partial charge >= 0.3 is 6.29 Å². The summed E-state index contributed by atoms with van der Waals surface area (Å²) in [4.78, 5) is 14.5.